The van der Waals surface area contributed by atoms with Crippen LogP contribution in [0.4, 0.5) is 5.69 Å². The molecule has 4 nitrogen and oxygen atoms in total. The minimum Gasteiger partial charge on any atom is -0.497 e. The number of rotatable bonds is 5. The molecule has 24 heavy (non-hydrogen) atoms. The predicted molar refractivity (Wildman–Crippen MR) is 98.1 cm³/mol. The Labute approximate surface area is 148 Å². The highest BCUT2D eigenvalue weighted by molar-refractivity contribution is 6.30. The Balaban J connectivity index is 1.52. The first-order chi connectivity index (χ1) is 11.7. The van der Waals surface area contributed by atoms with Gasteiger partial charge in [0.25, 0.3) is 0 Å². The monoisotopic (exact) mass is 346 g/mol. The van der Waals surface area contributed by atoms with Crippen LogP contribution in [0.1, 0.15) is 11.7 Å². The van der Waals surface area contributed by atoms with Crippen LogP contribution in [0.5, 0.6) is 5.75 Å². The van der Waals surface area contributed by atoms with E-state index in [4.69, 9.17) is 16.3 Å². The van der Waals surface area contributed by atoms with Crippen LogP contribution in [-0.2, 0) is 0 Å². The molecule has 0 aliphatic carbocycles. The van der Waals surface area contributed by atoms with E-state index in [0.29, 0.717) is 11.6 Å². The van der Waals surface area contributed by atoms with Crippen LogP contribution in [0.15, 0.2) is 48.5 Å². The van der Waals surface area contributed by atoms with Crippen LogP contribution in [0.3, 0.4) is 0 Å². The smallest absolute Gasteiger partial charge is 0.119 e. The summed E-state index contributed by atoms with van der Waals surface area (Å²) in [6.07, 6.45) is -0.477. The topological polar surface area (TPSA) is 35.9 Å². The second-order valence-corrected chi connectivity index (χ2v) is 6.49. The lowest BCUT2D eigenvalue weighted by Gasteiger charge is -2.37. The number of methoxy groups -OCH3 is 1. The first kappa shape index (κ1) is 17.1. The Morgan fingerprint density at radius 1 is 1.00 bits per heavy atom. The minimum absolute atomic E-state index is 0.477. The number of β-amino-alcohol motifs (C(OH)–C–C–N with tert-alkyl or cyclic N) is 1. The molecule has 1 saturated heterocycles. The van der Waals surface area contributed by atoms with Gasteiger partial charge in [0, 0.05) is 43.4 Å². The molecule has 1 aliphatic heterocycles. The zero-order chi connectivity index (χ0) is 16.9. The summed E-state index contributed by atoms with van der Waals surface area (Å²) < 4.78 is 5.20. The van der Waals surface area contributed by atoms with E-state index in [-0.39, 0.29) is 0 Å². The summed E-state index contributed by atoms with van der Waals surface area (Å²) in [5.74, 6) is 0.878. The van der Waals surface area contributed by atoms with E-state index < -0.39 is 6.10 Å². The molecule has 0 aromatic heterocycles. The molecule has 1 fully saturated rings. The maximum Gasteiger partial charge on any atom is 0.119 e. The van der Waals surface area contributed by atoms with Crippen LogP contribution in [0.2, 0.25) is 5.02 Å². The van der Waals surface area contributed by atoms with Gasteiger partial charge in [0.2, 0.25) is 0 Å². The van der Waals surface area contributed by atoms with Crippen molar-refractivity contribution in [3.63, 3.8) is 0 Å². The van der Waals surface area contributed by atoms with Gasteiger partial charge in [-0.1, -0.05) is 23.7 Å². The molecular formula is C19H23ClN2O2. The Kier molecular flexibility index (Phi) is 5.61. The standard InChI is InChI=1S/C19H23ClN2O2/c1-24-18-8-6-17(7-9-18)22-12-10-21(11-13-22)14-19(23)15-2-4-16(20)5-3-15/h2-9,19,23H,10-14H2,1H3/t19-/m1/s1. The summed E-state index contributed by atoms with van der Waals surface area (Å²) in [6.45, 7) is 4.45. The Morgan fingerprint density at radius 3 is 2.21 bits per heavy atom. The number of ether oxygens (including phenoxy) is 1. The number of aliphatic hydroxyl groups excluding tert-OH is 1. The number of anilines is 1. The number of piperazine rings is 1. The SMILES string of the molecule is COc1ccc(N2CCN(C[C@@H](O)c3ccc(Cl)cc3)CC2)cc1. The van der Waals surface area contributed by atoms with Gasteiger partial charge in [0.05, 0.1) is 13.2 Å². The van der Waals surface area contributed by atoms with Gasteiger partial charge in [-0.3, -0.25) is 4.90 Å². The average Bonchev–Trinajstić information content (AvgIpc) is 2.63. The van der Waals surface area contributed by atoms with Crippen molar-refractivity contribution < 1.29 is 9.84 Å². The summed E-state index contributed by atoms with van der Waals surface area (Å²) >= 11 is 5.90. The van der Waals surface area contributed by atoms with Crippen molar-refractivity contribution in [2.24, 2.45) is 0 Å². The summed E-state index contributed by atoms with van der Waals surface area (Å²) in [5.41, 5.74) is 2.13. The van der Waals surface area contributed by atoms with Gasteiger partial charge in [0.15, 0.2) is 0 Å². The van der Waals surface area contributed by atoms with Crippen LogP contribution >= 0.6 is 11.6 Å². The van der Waals surface area contributed by atoms with E-state index in [0.717, 1.165) is 37.5 Å². The highest BCUT2D eigenvalue weighted by Gasteiger charge is 2.20. The molecule has 1 atom stereocenters. The van der Waals surface area contributed by atoms with Gasteiger partial charge in [-0.05, 0) is 42.0 Å². The number of benzene rings is 2. The molecule has 5 heteroatoms. The molecule has 3 rings (SSSR count). The maximum atomic E-state index is 10.4. The average molecular weight is 347 g/mol. The van der Waals surface area contributed by atoms with E-state index in [1.807, 2.05) is 36.4 Å². The fourth-order valence-electron chi connectivity index (χ4n) is 3.02. The van der Waals surface area contributed by atoms with Crippen LogP contribution in [0, 0.1) is 0 Å². The van der Waals surface area contributed by atoms with Gasteiger partial charge >= 0.3 is 0 Å². The van der Waals surface area contributed by atoms with E-state index in [1.54, 1.807) is 7.11 Å². The lowest BCUT2D eigenvalue weighted by molar-refractivity contribution is 0.109. The third kappa shape index (κ3) is 4.20. The lowest BCUT2D eigenvalue weighted by Crippen LogP contribution is -2.47. The highest BCUT2D eigenvalue weighted by Crippen LogP contribution is 2.22. The fraction of sp³-hybridized carbons (Fsp3) is 0.368. The van der Waals surface area contributed by atoms with E-state index in [9.17, 15) is 5.11 Å². The maximum absolute atomic E-state index is 10.4. The first-order valence-electron chi connectivity index (χ1n) is 8.20. The second kappa shape index (κ2) is 7.88. The van der Waals surface area contributed by atoms with Gasteiger partial charge in [-0.25, -0.2) is 0 Å². The van der Waals surface area contributed by atoms with Crippen molar-refractivity contribution in [3.8, 4) is 5.75 Å². The molecule has 0 saturated carbocycles. The number of aliphatic hydroxyl groups is 1. The molecule has 0 amide bonds. The third-order valence-corrected chi connectivity index (χ3v) is 4.75. The molecule has 0 bridgehead atoms. The molecule has 1 aliphatic rings. The van der Waals surface area contributed by atoms with Gasteiger partial charge in [0.1, 0.15) is 5.75 Å². The number of halogens is 1. The first-order valence-corrected chi connectivity index (χ1v) is 8.58. The van der Waals surface area contributed by atoms with Crippen molar-refractivity contribution in [1.82, 2.24) is 4.90 Å². The third-order valence-electron chi connectivity index (χ3n) is 4.50. The molecule has 1 N–H and O–H groups in total. The highest BCUT2D eigenvalue weighted by atomic mass is 35.5. The Bertz CT molecular complexity index is 637. The number of hydrogen-bond donors (Lipinski definition) is 1. The molecule has 2 aromatic carbocycles. The summed E-state index contributed by atoms with van der Waals surface area (Å²) in [4.78, 5) is 4.67. The molecule has 128 valence electrons. The molecule has 2 aromatic rings. The molecule has 1 heterocycles. The largest absolute Gasteiger partial charge is 0.497 e. The quantitative estimate of drug-likeness (QED) is 0.902. The molecule has 0 spiro atoms. The van der Waals surface area contributed by atoms with Crippen molar-refractivity contribution in [2.75, 3.05) is 44.7 Å². The van der Waals surface area contributed by atoms with Crippen molar-refractivity contribution in [3.05, 3.63) is 59.1 Å². The Hall–Kier alpha value is -1.75. The van der Waals surface area contributed by atoms with Gasteiger partial charge in [-0.15, -0.1) is 0 Å². The molecule has 0 unspecified atom stereocenters. The molecular weight excluding hydrogens is 324 g/mol. The fourth-order valence-corrected chi connectivity index (χ4v) is 3.14. The van der Waals surface area contributed by atoms with E-state index >= 15 is 0 Å². The predicted octanol–water partition coefficient (Wildman–Crippen LogP) is 3.20. The zero-order valence-electron chi connectivity index (χ0n) is 13.9. The minimum atomic E-state index is -0.477. The normalized spacial score (nSPS) is 16.9. The number of nitrogens with zero attached hydrogens (tertiary/aromatic N) is 2. The number of hydrogen-bond acceptors (Lipinski definition) is 4. The van der Waals surface area contributed by atoms with Gasteiger partial charge < -0.3 is 14.7 Å². The van der Waals surface area contributed by atoms with Crippen LogP contribution in [-0.4, -0.2) is 49.8 Å². The van der Waals surface area contributed by atoms with Crippen LogP contribution < -0.4 is 9.64 Å². The van der Waals surface area contributed by atoms with Crippen molar-refractivity contribution in [1.29, 1.82) is 0 Å². The van der Waals surface area contributed by atoms with Gasteiger partial charge in [-0.2, -0.15) is 0 Å². The lowest BCUT2D eigenvalue weighted by atomic mass is 10.1. The second-order valence-electron chi connectivity index (χ2n) is 6.05. The van der Waals surface area contributed by atoms with E-state index in [2.05, 4.69) is 21.9 Å². The summed E-state index contributed by atoms with van der Waals surface area (Å²) in [7, 11) is 1.68. The summed E-state index contributed by atoms with van der Waals surface area (Å²) in [5, 5.41) is 11.1. The Morgan fingerprint density at radius 2 is 1.62 bits per heavy atom. The van der Waals surface area contributed by atoms with Crippen molar-refractivity contribution in [2.45, 2.75) is 6.10 Å². The summed E-state index contributed by atoms with van der Waals surface area (Å²) in [6, 6.07) is 15.6. The molecule has 0 radical (unpaired) electrons. The van der Waals surface area contributed by atoms with Crippen LogP contribution in [0.25, 0.3) is 0 Å². The van der Waals surface area contributed by atoms with Crippen molar-refractivity contribution >= 4 is 17.3 Å². The van der Waals surface area contributed by atoms with E-state index in [1.165, 1.54) is 5.69 Å². The zero-order valence-corrected chi connectivity index (χ0v) is 14.6.